The van der Waals surface area contributed by atoms with Crippen molar-refractivity contribution in [3.63, 3.8) is 0 Å². The molecule has 136 valence electrons. The summed E-state index contributed by atoms with van der Waals surface area (Å²) in [6.45, 7) is 2.09. The Bertz CT molecular complexity index is 914. The maximum absolute atomic E-state index is 13.2. The number of hydrogen-bond acceptors (Lipinski definition) is 6. The SMILES string of the molecule is N#Cc1cc(C#N)c(S[C@@H](C(=O)N2CCOCC2)c2ccccc2)[nH+]c1N. The standard InChI is InChI=1S/C19H17N5O2S/c20-11-14-10-15(12-21)18(23-17(14)22)27-16(13-4-2-1-3-5-13)19(25)24-6-8-26-9-7-24/h1-5,10,16H,6-9H2,(H2,22,23)/p+1/t16-/m1/s1. The summed E-state index contributed by atoms with van der Waals surface area (Å²) < 4.78 is 5.33. The van der Waals surface area contributed by atoms with Gasteiger partial charge in [-0.3, -0.25) is 10.5 Å². The lowest BCUT2D eigenvalue weighted by Gasteiger charge is -2.30. The van der Waals surface area contributed by atoms with Crippen LogP contribution in [0.5, 0.6) is 0 Å². The zero-order chi connectivity index (χ0) is 19.2. The predicted octanol–water partition coefficient (Wildman–Crippen LogP) is 1.52. The molecule has 2 heterocycles. The van der Waals surface area contributed by atoms with E-state index in [-0.39, 0.29) is 22.9 Å². The van der Waals surface area contributed by atoms with Crippen LogP contribution in [0.1, 0.15) is 21.9 Å². The van der Waals surface area contributed by atoms with Crippen molar-refractivity contribution >= 4 is 23.5 Å². The second kappa shape index (κ2) is 8.54. The van der Waals surface area contributed by atoms with Crippen molar-refractivity contribution in [2.24, 2.45) is 0 Å². The van der Waals surface area contributed by atoms with Crippen LogP contribution in [-0.2, 0) is 9.53 Å². The van der Waals surface area contributed by atoms with E-state index in [2.05, 4.69) is 11.1 Å². The number of carbonyl (C=O) groups is 1. The smallest absolute Gasteiger partial charge is 0.289 e. The summed E-state index contributed by atoms with van der Waals surface area (Å²) in [4.78, 5) is 17.9. The molecule has 0 aliphatic carbocycles. The van der Waals surface area contributed by atoms with Crippen LogP contribution in [0.15, 0.2) is 41.4 Å². The molecule has 3 N–H and O–H groups in total. The summed E-state index contributed by atoms with van der Waals surface area (Å²) in [5.74, 6) is 0.124. The number of thioether (sulfide) groups is 1. The van der Waals surface area contributed by atoms with E-state index in [0.717, 1.165) is 5.56 Å². The van der Waals surface area contributed by atoms with Crippen LogP contribution in [-0.4, -0.2) is 37.1 Å². The van der Waals surface area contributed by atoms with E-state index < -0.39 is 5.25 Å². The molecule has 3 rings (SSSR count). The van der Waals surface area contributed by atoms with Crippen LogP contribution in [0, 0.1) is 22.7 Å². The van der Waals surface area contributed by atoms with Gasteiger partial charge in [0.2, 0.25) is 5.91 Å². The first-order chi connectivity index (χ1) is 13.1. The fourth-order valence-electron chi connectivity index (χ4n) is 2.77. The van der Waals surface area contributed by atoms with Gasteiger partial charge in [-0.1, -0.05) is 42.1 Å². The van der Waals surface area contributed by atoms with Gasteiger partial charge in [-0.05, 0) is 11.6 Å². The van der Waals surface area contributed by atoms with Gasteiger partial charge >= 0.3 is 0 Å². The summed E-state index contributed by atoms with van der Waals surface area (Å²) in [5.41, 5.74) is 7.19. The number of nitriles is 2. The molecule has 1 saturated heterocycles. The molecule has 7 nitrogen and oxygen atoms in total. The lowest BCUT2D eigenvalue weighted by atomic mass is 10.1. The number of aromatic nitrogens is 1. The second-order valence-electron chi connectivity index (χ2n) is 5.91. The maximum atomic E-state index is 13.2. The van der Waals surface area contributed by atoms with Crippen LogP contribution < -0.4 is 10.7 Å². The van der Waals surface area contributed by atoms with E-state index in [4.69, 9.17) is 15.7 Å². The molecular weight excluding hydrogens is 362 g/mol. The average Bonchev–Trinajstić information content (AvgIpc) is 2.73. The van der Waals surface area contributed by atoms with Crippen molar-refractivity contribution in [3.05, 3.63) is 53.1 Å². The first-order valence-corrected chi connectivity index (χ1v) is 9.26. The number of anilines is 1. The Morgan fingerprint density at radius 3 is 2.48 bits per heavy atom. The molecule has 2 aromatic rings. The quantitative estimate of drug-likeness (QED) is 0.804. The Kier molecular flexibility index (Phi) is 5.92. The number of nitrogen functional groups attached to an aromatic ring is 1. The van der Waals surface area contributed by atoms with E-state index in [9.17, 15) is 10.1 Å². The summed E-state index contributed by atoms with van der Waals surface area (Å²) in [6.07, 6.45) is 0. The predicted molar refractivity (Wildman–Crippen MR) is 99.3 cm³/mol. The number of carbonyl (C=O) groups excluding carboxylic acids is 1. The zero-order valence-electron chi connectivity index (χ0n) is 14.5. The number of morpholine rings is 1. The maximum Gasteiger partial charge on any atom is 0.289 e. The molecule has 1 aromatic carbocycles. The molecule has 0 radical (unpaired) electrons. The van der Waals surface area contributed by atoms with Crippen LogP contribution in [0.2, 0.25) is 0 Å². The van der Waals surface area contributed by atoms with Crippen molar-refractivity contribution in [3.8, 4) is 12.1 Å². The van der Waals surface area contributed by atoms with Gasteiger partial charge in [0.25, 0.3) is 5.82 Å². The molecule has 0 spiro atoms. The minimum absolute atomic E-state index is 0.0466. The number of pyridine rings is 1. The molecule has 1 aliphatic heterocycles. The molecule has 1 amide bonds. The second-order valence-corrected chi connectivity index (χ2v) is 7.02. The molecule has 1 fully saturated rings. The van der Waals surface area contributed by atoms with E-state index in [1.54, 1.807) is 4.90 Å². The Morgan fingerprint density at radius 1 is 1.19 bits per heavy atom. The summed E-state index contributed by atoms with van der Waals surface area (Å²) >= 11 is 1.23. The monoisotopic (exact) mass is 380 g/mol. The highest BCUT2D eigenvalue weighted by atomic mass is 32.2. The van der Waals surface area contributed by atoms with Gasteiger partial charge in [0.1, 0.15) is 28.5 Å². The van der Waals surface area contributed by atoms with Crippen LogP contribution in [0.3, 0.4) is 0 Å². The average molecular weight is 380 g/mol. The molecule has 1 aromatic heterocycles. The third kappa shape index (κ3) is 4.20. The number of hydrogen-bond donors (Lipinski definition) is 1. The highest BCUT2D eigenvalue weighted by Gasteiger charge is 2.30. The molecule has 8 heteroatoms. The molecule has 0 unspecified atom stereocenters. The van der Waals surface area contributed by atoms with Gasteiger partial charge in [0, 0.05) is 13.1 Å². The van der Waals surface area contributed by atoms with Crippen molar-refractivity contribution in [2.45, 2.75) is 10.3 Å². The van der Waals surface area contributed by atoms with E-state index in [1.807, 2.05) is 36.4 Å². The highest BCUT2D eigenvalue weighted by Crippen LogP contribution is 2.37. The van der Waals surface area contributed by atoms with Gasteiger partial charge in [-0.15, -0.1) is 0 Å². The number of rotatable bonds is 4. The van der Waals surface area contributed by atoms with Crippen molar-refractivity contribution < 1.29 is 14.5 Å². The Labute approximate surface area is 161 Å². The number of nitrogens with two attached hydrogens (primary N) is 1. The number of H-pyrrole nitrogens is 1. The van der Waals surface area contributed by atoms with Crippen molar-refractivity contribution in [1.29, 1.82) is 10.5 Å². The number of nitrogens with zero attached hydrogens (tertiary/aromatic N) is 3. The third-order valence-electron chi connectivity index (χ3n) is 4.20. The van der Waals surface area contributed by atoms with E-state index >= 15 is 0 Å². The summed E-state index contributed by atoms with van der Waals surface area (Å²) in [5, 5.41) is 18.5. The molecule has 0 bridgehead atoms. The Morgan fingerprint density at radius 2 is 1.85 bits per heavy atom. The van der Waals surface area contributed by atoms with Gasteiger partial charge in [-0.25, -0.2) is 4.98 Å². The van der Waals surface area contributed by atoms with Crippen LogP contribution in [0.4, 0.5) is 5.82 Å². The molecular formula is C19H18N5O2S+. The minimum atomic E-state index is -0.542. The van der Waals surface area contributed by atoms with E-state index in [1.165, 1.54) is 17.8 Å². The number of amides is 1. The minimum Gasteiger partial charge on any atom is -0.378 e. The number of aromatic amines is 1. The first-order valence-electron chi connectivity index (χ1n) is 8.38. The van der Waals surface area contributed by atoms with Gasteiger partial charge in [0.05, 0.1) is 13.2 Å². The van der Waals surface area contributed by atoms with E-state index in [0.29, 0.717) is 31.3 Å². The summed E-state index contributed by atoms with van der Waals surface area (Å²) in [6, 6.07) is 14.9. The lowest BCUT2D eigenvalue weighted by Crippen LogP contribution is -2.42. The first kappa shape index (κ1) is 18.7. The number of benzene rings is 1. The fraction of sp³-hybridized carbons (Fsp3) is 0.263. The lowest BCUT2D eigenvalue weighted by molar-refractivity contribution is -0.410. The highest BCUT2D eigenvalue weighted by molar-refractivity contribution is 8.00. The topological polar surface area (TPSA) is 117 Å². The third-order valence-corrected chi connectivity index (χ3v) is 5.46. The zero-order valence-corrected chi connectivity index (χ0v) is 15.3. The Hall–Kier alpha value is -3.07. The largest absolute Gasteiger partial charge is 0.378 e. The Balaban J connectivity index is 1.97. The van der Waals surface area contributed by atoms with Crippen LogP contribution >= 0.6 is 11.8 Å². The molecule has 1 aliphatic rings. The summed E-state index contributed by atoms with van der Waals surface area (Å²) in [7, 11) is 0. The fourth-order valence-corrected chi connectivity index (χ4v) is 3.95. The van der Waals surface area contributed by atoms with Gasteiger partial charge < -0.3 is 9.64 Å². The normalized spacial score (nSPS) is 14.8. The van der Waals surface area contributed by atoms with Gasteiger partial charge in [-0.2, -0.15) is 10.5 Å². The molecule has 0 saturated carbocycles. The van der Waals surface area contributed by atoms with Crippen molar-refractivity contribution in [1.82, 2.24) is 4.90 Å². The molecule has 27 heavy (non-hydrogen) atoms. The number of nitrogens with one attached hydrogen (secondary N) is 1. The molecule has 1 atom stereocenters. The van der Waals surface area contributed by atoms with Crippen molar-refractivity contribution in [2.75, 3.05) is 32.0 Å². The number of ether oxygens (including phenoxy) is 1. The van der Waals surface area contributed by atoms with Crippen LogP contribution in [0.25, 0.3) is 0 Å². The van der Waals surface area contributed by atoms with Gasteiger partial charge in [0.15, 0.2) is 5.03 Å².